The minimum Gasteiger partial charge on any atom is -0.493 e. The van der Waals surface area contributed by atoms with Crippen LogP contribution in [0.15, 0.2) is 53.3 Å². The molecular formula is C27H30F2N4O4. The van der Waals surface area contributed by atoms with E-state index in [0.717, 1.165) is 12.8 Å². The van der Waals surface area contributed by atoms with Gasteiger partial charge in [0.15, 0.2) is 22.7 Å². The zero-order chi connectivity index (χ0) is 26.5. The number of methoxy groups -OCH3 is 1. The van der Waals surface area contributed by atoms with Crippen LogP contribution in [0.3, 0.4) is 0 Å². The van der Waals surface area contributed by atoms with E-state index >= 15 is 0 Å². The molecule has 8 nitrogen and oxygen atoms in total. The highest BCUT2D eigenvalue weighted by atomic mass is 19.3. The predicted octanol–water partition coefficient (Wildman–Crippen LogP) is 4.57. The number of hydrogen-bond donors (Lipinski definition) is 2. The highest BCUT2D eigenvalue weighted by Crippen LogP contribution is 2.30. The standard InChI is InChI=1S/C27H30F2N4O4/c1-16(34)20(11-7-10-18-8-5-4-6-9-18)33-17(2)30-24-25(33)31-23(32-26(24)35)15-19-12-13-21(36-3)22(14-19)37-27(28)29/h4-6,8-9,12-14,16,20,27,34H,7,10-11,15H2,1-3H3,(H,31,32,35). The minimum absolute atomic E-state index is 0.105. The number of aliphatic hydroxyl groups is 1. The molecule has 2 aromatic carbocycles. The first kappa shape index (κ1) is 26.3. The van der Waals surface area contributed by atoms with E-state index in [1.54, 1.807) is 19.9 Å². The van der Waals surface area contributed by atoms with Crippen LogP contribution in [0.5, 0.6) is 11.5 Å². The predicted molar refractivity (Wildman–Crippen MR) is 135 cm³/mol. The van der Waals surface area contributed by atoms with Crippen molar-refractivity contribution in [3.05, 3.63) is 81.7 Å². The summed E-state index contributed by atoms with van der Waals surface area (Å²) in [7, 11) is 1.36. The summed E-state index contributed by atoms with van der Waals surface area (Å²) in [5.74, 6) is 0.977. The number of aryl methyl sites for hydroxylation is 2. The summed E-state index contributed by atoms with van der Waals surface area (Å²) >= 11 is 0. The second-order valence-electron chi connectivity index (χ2n) is 8.94. The number of hydrogen-bond acceptors (Lipinski definition) is 6. The summed E-state index contributed by atoms with van der Waals surface area (Å²) in [5.41, 5.74) is 1.96. The maximum Gasteiger partial charge on any atom is 0.387 e. The van der Waals surface area contributed by atoms with E-state index in [0.29, 0.717) is 29.3 Å². The van der Waals surface area contributed by atoms with Crippen molar-refractivity contribution < 1.29 is 23.4 Å². The van der Waals surface area contributed by atoms with Crippen molar-refractivity contribution in [2.24, 2.45) is 0 Å². The van der Waals surface area contributed by atoms with Crippen LogP contribution in [-0.4, -0.2) is 44.5 Å². The Morgan fingerprint density at radius 2 is 1.84 bits per heavy atom. The van der Waals surface area contributed by atoms with E-state index in [1.807, 2.05) is 22.8 Å². The smallest absolute Gasteiger partial charge is 0.387 e. The Labute approximate surface area is 212 Å². The van der Waals surface area contributed by atoms with Crippen molar-refractivity contribution in [2.75, 3.05) is 7.11 Å². The maximum absolute atomic E-state index is 12.9. The van der Waals surface area contributed by atoms with Crippen LogP contribution in [0.2, 0.25) is 0 Å². The molecule has 0 aliphatic heterocycles. The fourth-order valence-corrected chi connectivity index (χ4v) is 4.58. The molecule has 0 aliphatic carbocycles. The molecule has 4 rings (SSSR count). The zero-order valence-corrected chi connectivity index (χ0v) is 20.9. The lowest BCUT2D eigenvalue weighted by Gasteiger charge is -2.23. The molecule has 37 heavy (non-hydrogen) atoms. The second-order valence-corrected chi connectivity index (χ2v) is 8.94. The highest BCUT2D eigenvalue weighted by Gasteiger charge is 2.24. The number of ether oxygens (including phenoxy) is 2. The van der Waals surface area contributed by atoms with Crippen molar-refractivity contribution in [2.45, 2.75) is 58.3 Å². The summed E-state index contributed by atoms with van der Waals surface area (Å²) in [6.45, 7) is 0.495. The average Bonchev–Trinajstić information content (AvgIpc) is 3.18. The van der Waals surface area contributed by atoms with Crippen LogP contribution in [-0.2, 0) is 12.8 Å². The normalized spacial score (nSPS) is 13.2. The Balaban J connectivity index is 1.64. The number of nitrogens with zero attached hydrogens (tertiary/aromatic N) is 3. The molecule has 196 valence electrons. The van der Waals surface area contributed by atoms with Gasteiger partial charge in [-0.3, -0.25) is 4.79 Å². The lowest BCUT2D eigenvalue weighted by molar-refractivity contribution is -0.0512. The van der Waals surface area contributed by atoms with Gasteiger partial charge in [-0.25, -0.2) is 9.97 Å². The fraction of sp³-hybridized carbons (Fsp3) is 0.370. The Bertz CT molecular complexity index is 1400. The number of fused-ring (bicyclic) bond motifs is 1. The van der Waals surface area contributed by atoms with Crippen molar-refractivity contribution in [3.8, 4) is 11.5 Å². The number of rotatable bonds is 11. The van der Waals surface area contributed by atoms with Crippen molar-refractivity contribution in [1.29, 1.82) is 0 Å². The molecule has 2 N–H and O–H groups in total. The van der Waals surface area contributed by atoms with Crippen LogP contribution in [0.4, 0.5) is 8.78 Å². The van der Waals surface area contributed by atoms with Crippen molar-refractivity contribution >= 4 is 11.2 Å². The van der Waals surface area contributed by atoms with Crippen LogP contribution in [0.25, 0.3) is 11.2 Å². The first-order valence-corrected chi connectivity index (χ1v) is 12.1. The van der Waals surface area contributed by atoms with Gasteiger partial charge in [0.05, 0.1) is 19.3 Å². The molecular weight excluding hydrogens is 482 g/mol. The molecule has 2 aromatic heterocycles. The van der Waals surface area contributed by atoms with Gasteiger partial charge in [0.25, 0.3) is 5.56 Å². The monoisotopic (exact) mass is 512 g/mol. The van der Waals surface area contributed by atoms with E-state index in [9.17, 15) is 18.7 Å². The molecule has 0 amide bonds. The number of aliphatic hydroxyl groups excluding tert-OH is 1. The lowest BCUT2D eigenvalue weighted by Crippen LogP contribution is -2.24. The molecule has 0 saturated heterocycles. The fourth-order valence-electron chi connectivity index (χ4n) is 4.58. The summed E-state index contributed by atoms with van der Waals surface area (Å²) in [5, 5.41) is 10.6. The number of aromatic nitrogens is 4. The number of imidazole rings is 1. The quantitative estimate of drug-likeness (QED) is 0.305. The van der Waals surface area contributed by atoms with Gasteiger partial charge in [-0.05, 0) is 56.4 Å². The van der Waals surface area contributed by atoms with Gasteiger partial charge in [0.2, 0.25) is 0 Å². The highest BCUT2D eigenvalue weighted by molar-refractivity contribution is 5.70. The number of nitrogens with one attached hydrogen (secondary N) is 1. The summed E-state index contributed by atoms with van der Waals surface area (Å²) in [6.07, 6.45) is 1.80. The van der Waals surface area contributed by atoms with Crippen LogP contribution in [0.1, 0.15) is 48.6 Å². The van der Waals surface area contributed by atoms with E-state index in [2.05, 4.69) is 31.8 Å². The largest absolute Gasteiger partial charge is 0.493 e. The molecule has 2 unspecified atom stereocenters. The van der Waals surface area contributed by atoms with Gasteiger partial charge >= 0.3 is 6.61 Å². The van der Waals surface area contributed by atoms with Gasteiger partial charge in [0, 0.05) is 6.42 Å². The van der Waals surface area contributed by atoms with Gasteiger partial charge in [-0.2, -0.15) is 8.78 Å². The Kier molecular flexibility index (Phi) is 8.17. The van der Waals surface area contributed by atoms with E-state index in [4.69, 9.17) is 4.74 Å². The van der Waals surface area contributed by atoms with Crippen LogP contribution < -0.4 is 15.0 Å². The molecule has 0 aliphatic rings. The number of benzene rings is 2. The Hall–Kier alpha value is -3.79. The topological polar surface area (TPSA) is 102 Å². The maximum atomic E-state index is 12.9. The molecule has 0 radical (unpaired) electrons. The summed E-state index contributed by atoms with van der Waals surface area (Å²) < 4.78 is 37.1. The van der Waals surface area contributed by atoms with Crippen LogP contribution in [0, 0.1) is 6.92 Å². The molecule has 4 aromatic rings. The summed E-state index contributed by atoms with van der Waals surface area (Å²) in [6, 6.07) is 14.4. The molecule has 0 spiro atoms. The molecule has 2 heterocycles. The van der Waals surface area contributed by atoms with E-state index in [-0.39, 0.29) is 29.5 Å². The first-order valence-electron chi connectivity index (χ1n) is 12.1. The lowest BCUT2D eigenvalue weighted by atomic mass is 10.0. The molecule has 2 atom stereocenters. The van der Waals surface area contributed by atoms with E-state index in [1.165, 1.54) is 24.8 Å². The number of halogens is 2. The van der Waals surface area contributed by atoms with Crippen molar-refractivity contribution in [3.63, 3.8) is 0 Å². The SMILES string of the molecule is COc1ccc(Cc2nc3c(nc(C)n3C(CCCc3ccccc3)C(C)O)c(=O)[nH]2)cc1OC(F)F. The molecule has 10 heteroatoms. The third-order valence-electron chi connectivity index (χ3n) is 6.29. The minimum atomic E-state index is -3.00. The van der Waals surface area contributed by atoms with Gasteiger partial charge in [-0.15, -0.1) is 0 Å². The zero-order valence-electron chi connectivity index (χ0n) is 20.9. The first-order chi connectivity index (χ1) is 17.8. The van der Waals surface area contributed by atoms with Crippen molar-refractivity contribution in [1.82, 2.24) is 19.5 Å². The van der Waals surface area contributed by atoms with Gasteiger partial charge in [0.1, 0.15) is 11.6 Å². The number of alkyl halides is 2. The van der Waals surface area contributed by atoms with Gasteiger partial charge in [-0.1, -0.05) is 36.4 Å². The Morgan fingerprint density at radius 1 is 1.08 bits per heavy atom. The number of aromatic amines is 1. The third kappa shape index (κ3) is 6.14. The summed E-state index contributed by atoms with van der Waals surface area (Å²) in [4.78, 5) is 24.7. The second kappa shape index (κ2) is 11.5. The Morgan fingerprint density at radius 3 is 2.51 bits per heavy atom. The third-order valence-corrected chi connectivity index (χ3v) is 6.29. The number of H-pyrrole nitrogens is 1. The molecule has 0 saturated carbocycles. The average molecular weight is 513 g/mol. The molecule has 0 fully saturated rings. The van der Waals surface area contributed by atoms with E-state index < -0.39 is 18.3 Å². The van der Waals surface area contributed by atoms with Gasteiger partial charge < -0.3 is 24.1 Å². The van der Waals surface area contributed by atoms with Crippen LogP contribution >= 0.6 is 0 Å². The molecule has 0 bridgehead atoms.